The summed E-state index contributed by atoms with van der Waals surface area (Å²) in [6.45, 7) is 2.82. The molecule has 2 heterocycles. The Bertz CT molecular complexity index is 773. The topological polar surface area (TPSA) is 40.6 Å². The van der Waals surface area contributed by atoms with Crippen LogP contribution in [0.1, 0.15) is 5.56 Å². The third kappa shape index (κ3) is 3.75. The Morgan fingerprint density at radius 2 is 1.91 bits per heavy atom. The molecule has 0 atom stereocenters. The van der Waals surface area contributed by atoms with E-state index >= 15 is 0 Å². The number of nitrogens with zero attached hydrogens (tertiary/aromatic N) is 2. The molecule has 1 aliphatic heterocycles. The van der Waals surface area contributed by atoms with E-state index in [1.807, 2.05) is 0 Å². The minimum atomic E-state index is -3.37. The second kappa shape index (κ2) is 6.86. The Kier molecular flexibility index (Phi) is 5.03. The molecule has 0 radical (unpaired) electrons. The minimum absolute atomic E-state index is 0.112. The number of thiophene rings is 1. The quantitative estimate of drug-likeness (QED) is 0.825. The molecular formula is C15H16ClFN2O2S2. The van der Waals surface area contributed by atoms with Crippen molar-refractivity contribution in [3.05, 3.63) is 52.1 Å². The van der Waals surface area contributed by atoms with E-state index in [-0.39, 0.29) is 5.02 Å². The van der Waals surface area contributed by atoms with Crippen LogP contribution in [0.3, 0.4) is 0 Å². The molecule has 0 bridgehead atoms. The van der Waals surface area contributed by atoms with Gasteiger partial charge in [0.05, 0.1) is 5.02 Å². The van der Waals surface area contributed by atoms with Crippen molar-refractivity contribution in [3.8, 4) is 0 Å². The number of rotatable bonds is 4. The van der Waals surface area contributed by atoms with Gasteiger partial charge in [-0.05, 0) is 29.1 Å². The molecule has 8 heteroatoms. The number of halogens is 2. The van der Waals surface area contributed by atoms with Crippen LogP contribution in [-0.2, 0) is 16.6 Å². The fourth-order valence-electron chi connectivity index (χ4n) is 2.56. The molecule has 3 rings (SSSR count). The summed E-state index contributed by atoms with van der Waals surface area (Å²) in [7, 11) is -3.37. The summed E-state index contributed by atoms with van der Waals surface area (Å²) in [6, 6.07) is 8.05. The van der Waals surface area contributed by atoms with Gasteiger partial charge in [0.15, 0.2) is 0 Å². The van der Waals surface area contributed by atoms with Crippen LogP contribution < -0.4 is 0 Å². The third-order valence-electron chi connectivity index (χ3n) is 3.81. The number of piperazine rings is 1. The van der Waals surface area contributed by atoms with Gasteiger partial charge >= 0.3 is 0 Å². The van der Waals surface area contributed by atoms with Crippen molar-refractivity contribution < 1.29 is 12.8 Å². The van der Waals surface area contributed by atoms with Gasteiger partial charge in [0.25, 0.3) is 10.0 Å². The largest absolute Gasteiger partial charge is 0.296 e. The standard InChI is InChI=1S/C15H16ClFN2O2S2/c16-13-10-12(3-4-14(13)17)11-18-5-7-19(8-6-18)23(20,21)15-2-1-9-22-15/h1-4,9-10H,5-8,11H2. The molecule has 4 nitrogen and oxygen atoms in total. The van der Waals surface area contributed by atoms with Gasteiger partial charge in [-0.3, -0.25) is 4.90 Å². The Hall–Kier alpha value is -0.990. The second-order valence-electron chi connectivity index (χ2n) is 5.36. The summed E-state index contributed by atoms with van der Waals surface area (Å²) in [5.41, 5.74) is 0.922. The van der Waals surface area contributed by atoms with Gasteiger partial charge in [0.1, 0.15) is 10.0 Å². The molecule has 0 saturated carbocycles. The van der Waals surface area contributed by atoms with Crippen molar-refractivity contribution in [2.45, 2.75) is 10.8 Å². The van der Waals surface area contributed by atoms with E-state index in [0.717, 1.165) is 5.56 Å². The van der Waals surface area contributed by atoms with Crippen LogP contribution in [0.4, 0.5) is 4.39 Å². The summed E-state index contributed by atoms with van der Waals surface area (Å²) < 4.78 is 40.0. The highest BCUT2D eigenvalue weighted by molar-refractivity contribution is 7.91. The van der Waals surface area contributed by atoms with Gasteiger partial charge < -0.3 is 0 Å². The number of hydrogen-bond acceptors (Lipinski definition) is 4. The lowest BCUT2D eigenvalue weighted by atomic mass is 10.2. The molecule has 23 heavy (non-hydrogen) atoms. The van der Waals surface area contributed by atoms with Gasteiger partial charge in [-0.25, -0.2) is 12.8 Å². The van der Waals surface area contributed by atoms with Crippen molar-refractivity contribution in [3.63, 3.8) is 0 Å². The molecule has 0 aliphatic carbocycles. The molecule has 0 unspecified atom stereocenters. The predicted molar refractivity (Wildman–Crippen MR) is 89.8 cm³/mol. The predicted octanol–water partition coefficient (Wildman–Crippen LogP) is 3.05. The molecule has 1 fully saturated rings. The van der Waals surface area contributed by atoms with E-state index in [2.05, 4.69) is 4.90 Å². The minimum Gasteiger partial charge on any atom is -0.296 e. The van der Waals surface area contributed by atoms with Crippen molar-refractivity contribution in [1.82, 2.24) is 9.21 Å². The Morgan fingerprint density at radius 3 is 2.52 bits per heavy atom. The van der Waals surface area contributed by atoms with Gasteiger partial charge in [-0.1, -0.05) is 23.7 Å². The number of benzene rings is 1. The van der Waals surface area contributed by atoms with Crippen LogP contribution in [0.25, 0.3) is 0 Å². The Morgan fingerprint density at radius 1 is 1.17 bits per heavy atom. The summed E-state index contributed by atoms with van der Waals surface area (Å²) in [5.74, 6) is -0.428. The smallest absolute Gasteiger partial charge is 0.252 e. The Balaban J connectivity index is 1.61. The van der Waals surface area contributed by atoms with E-state index in [0.29, 0.717) is 36.9 Å². The molecule has 1 saturated heterocycles. The van der Waals surface area contributed by atoms with Crippen molar-refractivity contribution in [2.24, 2.45) is 0 Å². The highest BCUT2D eigenvalue weighted by Gasteiger charge is 2.29. The fourth-order valence-corrected chi connectivity index (χ4v) is 5.33. The van der Waals surface area contributed by atoms with E-state index in [9.17, 15) is 12.8 Å². The molecule has 0 N–H and O–H groups in total. The zero-order chi connectivity index (χ0) is 16.4. The average molecular weight is 375 g/mol. The fraction of sp³-hybridized carbons (Fsp3) is 0.333. The number of hydrogen-bond donors (Lipinski definition) is 0. The maximum Gasteiger partial charge on any atom is 0.252 e. The molecule has 1 aliphatic rings. The molecular weight excluding hydrogens is 359 g/mol. The molecule has 0 amide bonds. The van der Waals surface area contributed by atoms with Crippen LogP contribution >= 0.6 is 22.9 Å². The first-order valence-electron chi connectivity index (χ1n) is 7.17. The highest BCUT2D eigenvalue weighted by atomic mass is 35.5. The lowest BCUT2D eigenvalue weighted by molar-refractivity contribution is 0.181. The van der Waals surface area contributed by atoms with E-state index in [1.165, 1.54) is 21.7 Å². The van der Waals surface area contributed by atoms with Crippen LogP contribution in [-0.4, -0.2) is 43.8 Å². The van der Waals surface area contributed by atoms with Gasteiger partial charge in [-0.2, -0.15) is 4.31 Å². The lowest BCUT2D eigenvalue weighted by Gasteiger charge is -2.33. The maximum atomic E-state index is 13.2. The maximum absolute atomic E-state index is 13.2. The summed E-state index contributed by atoms with van der Waals surface area (Å²) in [6.07, 6.45) is 0. The molecule has 1 aromatic heterocycles. The molecule has 2 aromatic rings. The lowest BCUT2D eigenvalue weighted by Crippen LogP contribution is -2.48. The van der Waals surface area contributed by atoms with Crippen molar-refractivity contribution in [1.29, 1.82) is 0 Å². The molecule has 0 spiro atoms. The monoisotopic (exact) mass is 374 g/mol. The van der Waals surface area contributed by atoms with Crippen LogP contribution in [0, 0.1) is 5.82 Å². The van der Waals surface area contributed by atoms with E-state index in [4.69, 9.17) is 11.6 Å². The highest BCUT2D eigenvalue weighted by Crippen LogP contribution is 2.23. The van der Waals surface area contributed by atoms with E-state index in [1.54, 1.807) is 29.6 Å². The molecule has 124 valence electrons. The van der Waals surface area contributed by atoms with E-state index < -0.39 is 15.8 Å². The first-order valence-corrected chi connectivity index (χ1v) is 9.86. The Labute approximate surface area is 144 Å². The normalized spacial score (nSPS) is 17.5. The first kappa shape index (κ1) is 16.9. The van der Waals surface area contributed by atoms with Crippen LogP contribution in [0.2, 0.25) is 5.02 Å². The third-order valence-corrected chi connectivity index (χ3v) is 7.37. The molecule has 1 aromatic carbocycles. The van der Waals surface area contributed by atoms with Crippen molar-refractivity contribution >= 4 is 33.0 Å². The zero-order valence-electron chi connectivity index (χ0n) is 12.3. The SMILES string of the molecule is O=S(=O)(c1cccs1)N1CCN(Cc2ccc(F)c(Cl)c2)CC1. The van der Waals surface area contributed by atoms with Gasteiger partial charge in [0, 0.05) is 32.7 Å². The number of sulfonamides is 1. The van der Waals surface area contributed by atoms with Gasteiger partial charge in [0.2, 0.25) is 0 Å². The summed E-state index contributed by atoms with van der Waals surface area (Å²) >= 11 is 7.03. The van der Waals surface area contributed by atoms with Crippen LogP contribution in [0.5, 0.6) is 0 Å². The summed E-state index contributed by atoms with van der Waals surface area (Å²) in [4.78, 5) is 2.14. The average Bonchev–Trinajstić information content (AvgIpc) is 3.07. The zero-order valence-corrected chi connectivity index (χ0v) is 14.7. The first-order chi connectivity index (χ1) is 11.0. The van der Waals surface area contributed by atoms with Crippen LogP contribution in [0.15, 0.2) is 39.9 Å². The van der Waals surface area contributed by atoms with Gasteiger partial charge in [-0.15, -0.1) is 11.3 Å². The summed E-state index contributed by atoms with van der Waals surface area (Å²) in [5, 5.41) is 1.88. The van der Waals surface area contributed by atoms with Crippen molar-refractivity contribution in [2.75, 3.05) is 26.2 Å². The second-order valence-corrected chi connectivity index (χ2v) is 8.88.